The van der Waals surface area contributed by atoms with Crippen LogP contribution in [-0.4, -0.2) is 43.9 Å². The lowest BCUT2D eigenvalue weighted by Crippen LogP contribution is -2.42. The first kappa shape index (κ1) is 14.7. The summed E-state index contributed by atoms with van der Waals surface area (Å²) in [6.45, 7) is 11.4. The van der Waals surface area contributed by atoms with Crippen molar-refractivity contribution in [3.8, 4) is 0 Å². The van der Waals surface area contributed by atoms with Crippen LogP contribution in [0, 0.1) is 0 Å². The van der Waals surface area contributed by atoms with Crippen molar-refractivity contribution in [1.29, 1.82) is 0 Å². The molecule has 3 nitrogen and oxygen atoms in total. The maximum absolute atomic E-state index is 5.85. The van der Waals surface area contributed by atoms with Gasteiger partial charge >= 0.3 is 0 Å². The van der Waals surface area contributed by atoms with Crippen LogP contribution < -0.4 is 5.32 Å². The predicted octanol–water partition coefficient (Wildman–Crippen LogP) is 2.39. The van der Waals surface area contributed by atoms with E-state index in [9.17, 15) is 0 Å². The summed E-state index contributed by atoms with van der Waals surface area (Å²) in [7, 11) is 2.19. The lowest BCUT2D eigenvalue weighted by atomic mass is 10.1. The van der Waals surface area contributed by atoms with Gasteiger partial charge in [-0.15, -0.1) is 0 Å². The Labute approximate surface area is 106 Å². The molecule has 17 heavy (non-hydrogen) atoms. The van der Waals surface area contributed by atoms with E-state index in [1.165, 1.54) is 31.5 Å². The van der Waals surface area contributed by atoms with Crippen molar-refractivity contribution in [1.82, 2.24) is 10.2 Å². The number of nitrogens with zero attached hydrogens (tertiary/aromatic N) is 1. The largest absolute Gasteiger partial charge is 0.359 e. The molecule has 1 saturated heterocycles. The van der Waals surface area contributed by atoms with Gasteiger partial charge in [-0.25, -0.2) is 0 Å². The third kappa shape index (κ3) is 5.19. The molecule has 0 spiro atoms. The number of hydrogen-bond acceptors (Lipinski definition) is 3. The molecular formula is C14H28N2O. The molecule has 0 radical (unpaired) electrons. The van der Waals surface area contributed by atoms with Crippen LogP contribution >= 0.6 is 0 Å². The summed E-state index contributed by atoms with van der Waals surface area (Å²) in [5, 5.41) is 3.50. The molecule has 3 heteroatoms. The molecule has 100 valence electrons. The number of rotatable bonds is 7. The first-order valence-electron chi connectivity index (χ1n) is 6.88. The number of hydrogen-bond donors (Lipinski definition) is 1. The second kappa shape index (κ2) is 7.85. The van der Waals surface area contributed by atoms with Gasteiger partial charge in [-0.1, -0.05) is 20.4 Å². The fourth-order valence-corrected chi connectivity index (χ4v) is 2.23. The molecule has 1 aliphatic rings. The summed E-state index contributed by atoms with van der Waals surface area (Å²) in [5.41, 5.74) is 1.21. The number of ether oxygens (including phenoxy) is 1. The number of nitrogens with one attached hydrogen (secondary N) is 1. The maximum atomic E-state index is 5.85. The minimum Gasteiger partial charge on any atom is -0.359 e. The molecule has 0 aromatic rings. The summed E-state index contributed by atoms with van der Waals surface area (Å²) < 4.78 is 5.85. The van der Waals surface area contributed by atoms with E-state index in [2.05, 4.69) is 37.7 Å². The topological polar surface area (TPSA) is 24.5 Å². The van der Waals surface area contributed by atoms with Gasteiger partial charge in [-0.2, -0.15) is 0 Å². The molecule has 0 aromatic carbocycles. The van der Waals surface area contributed by atoms with Gasteiger partial charge in [0.1, 0.15) is 0 Å². The normalized spacial score (nSPS) is 20.4. The standard InChI is InChI=1S/C14H28N2O/c1-5-12(3)14(6-2)17-11-15-13-7-9-16(4)10-8-13/h13-15H,3,5-11H2,1-2,4H3. The second-order valence-electron chi connectivity index (χ2n) is 5.00. The van der Waals surface area contributed by atoms with E-state index < -0.39 is 0 Å². The van der Waals surface area contributed by atoms with Gasteiger partial charge < -0.3 is 9.64 Å². The summed E-state index contributed by atoms with van der Waals surface area (Å²) >= 11 is 0. The van der Waals surface area contributed by atoms with Crippen LogP contribution in [0.2, 0.25) is 0 Å². The smallest absolute Gasteiger partial charge is 0.0975 e. The van der Waals surface area contributed by atoms with Crippen molar-refractivity contribution >= 4 is 0 Å². The first-order chi connectivity index (χ1) is 8.17. The molecule has 0 aromatic heterocycles. The summed E-state index contributed by atoms with van der Waals surface area (Å²) in [5.74, 6) is 0. The Bertz CT molecular complexity index is 222. The highest BCUT2D eigenvalue weighted by Gasteiger charge is 2.16. The second-order valence-corrected chi connectivity index (χ2v) is 5.00. The highest BCUT2D eigenvalue weighted by atomic mass is 16.5. The van der Waals surface area contributed by atoms with Gasteiger partial charge in [0.25, 0.3) is 0 Å². The van der Waals surface area contributed by atoms with Crippen LogP contribution in [0.1, 0.15) is 39.5 Å². The Balaban J connectivity index is 2.16. The molecule has 1 N–H and O–H groups in total. The van der Waals surface area contributed by atoms with Crippen LogP contribution in [-0.2, 0) is 4.74 Å². The fraction of sp³-hybridized carbons (Fsp3) is 0.857. The van der Waals surface area contributed by atoms with Crippen molar-refractivity contribution < 1.29 is 4.74 Å². The van der Waals surface area contributed by atoms with Crippen molar-refractivity contribution in [2.75, 3.05) is 26.9 Å². The fourth-order valence-electron chi connectivity index (χ4n) is 2.23. The van der Waals surface area contributed by atoms with Crippen LogP contribution in [0.3, 0.4) is 0 Å². The van der Waals surface area contributed by atoms with Gasteiger partial charge in [0.2, 0.25) is 0 Å². The van der Waals surface area contributed by atoms with Crippen molar-refractivity contribution in [3.63, 3.8) is 0 Å². The third-order valence-corrected chi connectivity index (χ3v) is 3.66. The highest BCUT2D eigenvalue weighted by Crippen LogP contribution is 2.12. The van der Waals surface area contributed by atoms with E-state index in [4.69, 9.17) is 4.74 Å². The Hall–Kier alpha value is -0.380. The molecule has 1 aliphatic heterocycles. The molecular weight excluding hydrogens is 212 g/mol. The minimum atomic E-state index is 0.221. The molecule has 0 bridgehead atoms. The lowest BCUT2D eigenvalue weighted by molar-refractivity contribution is 0.0481. The molecule has 1 fully saturated rings. The van der Waals surface area contributed by atoms with E-state index in [0.29, 0.717) is 12.8 Å². The Kier molecular flexibility index (Phi) is 6.78. The molecule has 1 atom stereocenters. The lowest BCUT2D eigenvalue weighted by Gasteiger charge is -2.30. The number of likely N-dealkylation sites (tertiary alicyclic amines) is 1. The first-order valence-corrected chi connectivity index (χ1v) is 6.88. The molecule has 0 saturated carbocycles. The van der Waals surface area contributed by atoms with Crippen molar-refractivity contribution in [2.45, 2.75) is 51.7 Å². The number of piperidine rings is 1. The third-order valence-electron chi connectivity index (χ3n) is 3.66. The highest BCUT2D eigenvalue weighted by molar-refractivity contribution is 5.00. The Morgan fingerprint density at radius 1 is 1.41 bits per heavy atom. The van der Waals surface area contributed by atoms with E-state index in [1.54, 1.807) is 0 Å². The molecule has 0 aliphatic carbocycles. The van der Waals surface area contributed by atoms with Crippen LogP contribution in [0.25, 0.3) is 0 Å². The maximum Gasteiger partial charge on any atom is 0.0975 e. The summed E-state index contributed by atoms with van der Waals surface area (Å²) in [4.78, 5) is 2.38. The molecule has 1 unspecified atom stereocenters. The minimum absolute atomic E-state index is 0.221. The van der Waals surface area contributed by atoms with Crippen LogP contribution in [0.15, 0.2) is 12.2 Å². The van der Waals surface area contributed by atoms with E-state index >= 15 is 0 Å². The van der Waals surface area contributed by atoms with E-state index in [0.717, 1.165) is 12.8 Å². The van der Waals surface area contributed by atoms with Crippen LogP contribution in [0.5, 0.6) is 0 Å². The van der Waals surface area contributed by atoms with Gasteiger partial charge in [0.15, 0.2) is 0 Å². The van der Waals surface area contributed by atoms with Gasteiger partial charge in [-0.05, 0) is 51.4 Å². The monoisotopic (exact) mass is 240 g/mol. The van der Waals surface area contributed by atoms with Gasteiger partial charge in [0, 0.05) is 6.04 Å². The van der Waals surface area contributed by atoms with E-state index in [1.807, 2.05) is 0 Å². The summed E-state index contributed by atoms with van der Waals surface area (Å²) in [6.07, 6.45) is 4.70. The SMILES string of the molecule is C=C(CC)C(CC)OCNC1CCN(C)CC1. The molecule has 1 rings (SSSR count). The average molecular weight is 240 g/mol. The van der Waals surface area contributed by atoms with Gasteiger partial charge in [-0.3, -0.25) is 5.32 Å². The molecule has 1 heterocycles. The Morgan fingerprint density at radius 3 is 2.59 bits per heavy atom. The average Bonchev–Trinajstić information content (AvgIpc) is 2.36. The van der Waals surface area contributed by atoms with Crippen molar-refractivity contribution in [3.05, 3.63) is 12.2 Å². The van der Waals surface area contributed by atoms with Crippen LogP contribution in [0.4, 0.5) is 0 Å². The summed E-state index contributed by atoms with van der Waals surface area (Å²) in [6, 6.07) is 0.624. The van der Waals surface area contributed by atoms with Gasteiger partial charge in [0.05, 0.1) is 12.8 Å². The Morgan fingerprint density at radius 2 is 2.06 bits per heavy atom. The zero-order valence-corrected chi connectivity index (χ0v) is 11.7. The van der Waals surface area contributed by atoms with E-state index in [-0.39, 0.29) is 6.10 Å². The quantitative estimate of drug-likeness (QED) is 0.546. The zero-order valence-electron chi connectivity index (χ0n) is 11.7. The predicted molar refractivity (Wildman–Crippen MR) is 73.1 cm³/mol. The van der Waals surface area contributed by atoms with Crippen molar-refractivity contribution in [2.24, 2.45) is 0 Å². The molecule has 0 amide bonds. The zero-order chi connectivity index (χ0) is 12.7.